The van der Waals surface area contributed by atoms with Crippen LogP contribution < -0.4 is 0 Å². The van der Waals surface area contributed by atoms with E-state index in [4.69, 9.17) is 0 Å². The summed E-state index contributed by atoms with van der Waals surface area (Å²) in [5, 5.41) is 0. The molecule has 2 aliphatic heterocycles. The van der Waals surface area contributed by atoms with Crippen molar-refractivity contribution < 1.29 is 4.79 Å². The van der Waals surface area contributed by atoms with Crippen LogP contribution in [0, 0.1) is 5.92 Å². The zero-order valence-corrected chi connectivity index (χ0v) is 18.2. The van der Waals surface area contributed by atoms with Crippen molar-refractivity contribution in [1.29, 1.82) is 0 Å². The minimum absolute atomic E-state index is 0.163. The van der Waals surface area contributed by atoms with Crippen LogP contribution in [0.1, 0.15) is 65.7 Å². The third-order valence-electron chi connectivity index (χ3n) is 4.98. The summed E-state index contributed by atoms with van der Waals surface area (Å²) in [4.78, 5) is 20.7. The number of carbonyl (C=O) groups is 1. The van der Waals surface area contributed by atoms with E-state index in [1.165, 1.54) is 16.9 Å². The lowest BCUT2D eigenvalue weighted by Crippen LogP contribution is -2.10. The van der Waals surface area contributed by atoms with Gasteiger partial charge >= 0.3 is 0 Å². The first-order valence-corrected chi connectivity index (χ1v) is 10.7. The first-order valence-electron chi connectivity index (χ1n) is 10.7. The number of rotatable bonds is 12. The van der Waals surface area contributed by atoms with Gasteiger partial charge in [-0.25, -0.2) is 0 Å². The average Bonchev–Trinajstić information content (AvgIpc) is 3.39. The Balaban J connectivity index is 1.74. The van der Waals surface area contributed by atoms with Crippen molar-refractivity contribution in [3.63, 3.8) is 0 Å². The van der Waals surface area contributed by atoms with E-state index in [2.05, 4.69) is 67.7 Å². The fraction of sp³-hybridized carbons (Fsp3) is 0.423. The van der Waals surface area contributed by atoms with Crippen molar-refractivity contribution in [2.75, 3.05) is 0 Å². The SMILES string of the molecule is C=C(CC)/C(=C\C=C/C(C)C)C1=CN=C(CC/C=C/CCC(=O)C2=NC=CC2)C1. The van der Waals surface area contributed by atoms with Crippen LogP contribution in [-0.2, 0) is 4.79 Å². The van der Waals surface area contributed by atoms with E-state index >= 15 is 0 Å². The molecular formula is C26H34N2O. The largest absolute Gasteiger partial charge is 0.293 e. The minimum atomic E-state index is 0.163. The molecule has 0 aliphatic carbocycles. The van der Waals surface area contributed by atoms with Crippen LogP contribution in [0.5, 0.6) is 0 Å². The summed E-state index contributed by atoms with van der Waals surface area (Å²) in [5.41, 5.74) is 5.56. The Kier molecular flexibility index (Phi) is 9.49. The fourth-order valence-corrected chi connectivity index (χ4v) is 3.20. The third kappa shape index (κ3) is 7.77. The molecule has 0 aromatic carbocycles. The molecule has 154 valence electrons. The Hall–Kier alpha value is -2.55. The molecular weight excluding hydrogens is 356 g/mol. The molecule has 0 radical (unpaired) electrons. The molecule has 0 aromatic heterocycles. The summed E-state index contributed by atoms with van der Waals surface area (Å²) in [5.74, 6) is 0.701. The first-order chi connectivity index (χ1) is 14.0. The van der Waals surface area contributed by atoms with Crippen molar-refractivity contribution in [2.24, 2.45) is 15.9 Å². The van der Waals surface area contributed by atoms with Crippen molar-refractivity contribution >= 4 is 17.2 Å². The highest BCUT2D eigenvalue weighted by molar-refractivity contribution is 6.40. The van der Waals surface area contributed by atoms with E-state index in [0.717, 1.165) is 37.7 Å². The van der Waals surface area contributed by atoms with Gasteiger partial charge in [-0.2, -0.15) is 0 Å². The van der Waals surface area contributed by atoms with Gasteiger partial charge in [-0.15, -0.1) is 0 Å². The van der Waals surface area contributed by atoms with Crippen LogP contribution >= 0.6 is 0 Å². The lowest BCUT2D eigenvalue weighted by atomic mass is 9.93. The smallest absolute Gasteiger partial charge is 0.177 e. The van der Waals surface area contributed by atoms with Gasteiger partial charge in [-0.1, -0.05) is 63.8 Å². The van der Waals surface area contributed by atoms with Gasteiger partial charge in [0.05, 0.1) is 5.71 Å². The third-order valence-corrected chi connectivity index (χ3v) is 4.98. The van der Waals surface area contributed by atoms with Gasteiger partial charge < -0.3 is 0 Å². The molecule has 0 aromatic rings. The highest BCUT2D eigenvalue weighted by Gasteiger charge is 2.15. The Morgan fingerprint density at radius 3 is 2.72 bits per heavy atom. The zero-order valence-electron chi connectivity index (χ0n) is 18.2. The summed E-state index contributed by atoms with van der Waals surface area (Å²) in [6.07, 6.45) is 22.2. The van der Waals surface area contributed by atoms with E-state index < -0.39 is 0 Å². The number of aliphatic imine (C=N–C) groups is 2. The second kappa shape index (κ2) is 12.1. The zero-order chi connectivity index (χ0) is 21.1. The van der Waals surface area contributed by atoms with Gasteiger partial charge in [0.2, 0.25) is 0 Å². The van der Waals surface area contributed by atoms with Crippen molar-refractivity contribution in [3.8, 4) is 0 Å². The normalized spacial score (nSPS) is 16.8. The van der Waals surface area contributed by atoms with Gasteiger partial charge in [0.15, 0.2) is 5.78 Å². The molecule has 0 saturated heterocycles. The topological polar surface area (TPSA) is 41.8 Å². The Bertz CT molecular complexity index is 814. The summed E-state index contributed by atoms with van der Waals surface area (Å²) in [7, 11) is 0. The Morgan fingerprint density at radius 2 is 2.03 bits per heavy atom. The van der Waals surface area contributed by atoms with E-state index in [1.54, 1.807) is 6.20 Å². The molecule has 0 bridgehead atoms. The molecule has 2 rings (SSSR count). The quantitative estimate of drug-likeness (QED) is 0.265. The second-order valence-electron chi connectivity index (χ2n) is 7.83. The maximum atomic E-state index is 11.9. The lowest BCUT2D eigenvalue weighted by molar-refractivity contribution is -0.112. The van der Waals surface area contributed by atoms with Crippen molar-refractivity contribution in [1.82, 2.24) is 0 Å². The van der Waals surface area contributed by atoms with Crippen LogP contribution in [-0.4, -0.2) is 17.2 Å². The number of nitrogens with zero attached hydrogens (tertiary/aromatic N) is 2. The number of allylic oxidation sites excluding steroid dienone is 9. The molecule has 0 spiro atoms. The standard InChI is InChI=1S/C26H34N2O/c1-5-21(4)24(14-10-12-20(2)3)22-18-23(28-19-22)13-8-6-7-9-16-26(29)25-15-11-17-27-25/h6-7,10-12,14,17,19-20H,4-5,8-9,13,15-16,18H2,1-3H3/b7-6+,12-10-,24-14+. The predicted molar refractivity (Wildman–Crippen MR) is 125 cm³/mol. The second-order valence-corrected chi connectivity index (χ2v) is 7.83. The molecule has 29 heavy (non-hydrogen) atoms. The summed E-state index contributed by atoms with van der Waals surface area (Å²) < 4.78 is 0. The van der Waals surface area contributed by atoms with Gasteiger partial charge in [0.25, 0.3) is 0 Å². The predicted octanol–water partition coefficient (Wildman–Crippen LogP) is 6.86. The molecule has 0 unspecified atom stereocenters. The Labute approximate surface area is 176 Å². The molecule has 3 nitrogen and oxygen atoms in total. The lowest BCUT2D eigenvalue weighted by Gasteiger charge is -2.10. The van der Waals surface area contributed by atoms with Gasteiger partial charge in [0.1, 0.15) is 0 Å². The molecule has 0 N–H and O–H groups in total. The van der Waals surface area contributed by atoms with E-state index in [1.807, 2.05) is 12.3 Å². The molecule has 0 atom stereocenters. The van der Waals surface area contributed by atoms with Gasteiger partial charge in [0, 0.05) is 37.4 Å². The average molecular weight is 391 g/mol. The monoisotopic (exact) mass is 390 g/mol. The number of Topliss-reactive ketones (excluding diaryl/α,β-unsaturated/α-hetero) is 1. The number of carbonyl (C=O) groups excluding carboxylic acids is 1. The molecule has 2 heterocycles. The summed E-state index contributed by atoms with van der Waals surface area (Å²) in [6, 6.07) is 0. The number of hydrogen-bond donors (Lipinski definition) is 0. The van der Waals surface area contributed by atoms with Crippen LogP contribution in [0.4, 0.5) is 0 Å². The van der Waals surface area contributed by atoms with E-state index in [0.29, 0.717) is 24.5 Å². The molecule has 2 aliphatic rings. The summed E-state index contributed by atoms with van der Waals surface area (Å²) in [6.45, 7) is 10.7. The summed E-state index contributed by atoms with van der Waals surface area (Å²) >= 11 is 0. The van der Waals surface area contributed by atoms with Crippen LogP contribution in [0.2, 0.25) is 0 Å². The Morgan fingerprint density at radius 1 is 1.24 bits per heavy atom. The number of ketones is 1. The highest BCUT2D eigenvalue weighted by atomic mass is 16.1. The van der Waals surface area contributed by atoms with Gasteiger partial charge in [-0.05, 0) is 48.3 Å². The minimum Gasteiger partial charge on any atom is -0.293 e. The maximum absolute atomic E-state index is 11.9. The van der Waals surface area contributed by atoms with Crippen LogP contribution in [0.15, 0.2) is 82.1 Å². The van der Waals surface area contributed by atoms with Crippen molar-refractivity contribution in [2.45, 2.75) is 65.7 Å². The van der Waals surface area contributed by atoms with Gasteiger partial charge in [-0.3, -0.25) is 14.8 Å². The fourth-order valence-electron chi connectivity index (χ4n) is 3.20. The van der Waals surface area contributed by atoms with Crippen LogP contribution in [0.25, 0.3) is 0 Å². The molecule has 0 fully saturated rings. The first kappa shape index (κ1) is 22.7. The maximum Gasteiger partial charge on any atom is 0.177 e. The molecule has 0 amide bonds. The van der Waals surface area contributed by atoms with Crippen LogP contribution in [0.3, 0.4) is 0 Å². The van der Waals surface area contributed by atoms with E-state index in [9.17, 15) is 4.79 Å². The van der Waals surface area contributed by atoms with E-state index in [-0.39, 0.29) is 5.78 Å². The van der Waals surface area contributed by atoms with Crippen molar-refractivity contribution in [3.05, 3.63) is 72.2 Å². The number of hydrogen-bond acceptors (Lipinski definition) is 3. The highest BCUT2D eigenvalue weighted by Crippen LogP contribution is 2.28. The molecule has 0 saturated carbocycles. The molecule has 3 heteroatoms.